The Bertz CT molecular complexity index is 1020. The van der Waals surface area contributed by atoms with Crippen LogP contribution in [-0.4, -0.2) is 42.4 Å². The Balaban J connectivity index is 1.62. The van der Waals surface area contributed by atoms with E-state index in [0.29, 0.717) is 16.8 Å². The first-order valence-corrected chi connectivity index (χ1v) is 10.3. The molecular weight excluding hydrogens is 380 g/mol. The van der Waals surface area contributed by atoms with Crippen LogP contribution < -0.4 is 5.32 Å². The van der Waals surface area contributed by atoms with Gasteiger partial charge in [-0.3, -0.25) is 9.59 Å². The minimum absolute atomic E-state index is 0.0177. The first-order chi connectivity index (χ1) is 14.5. The van der Waals surface area contributed by atoms with E-state index in [1.165, 1.54) is 0 Å². The molecule has 6 nitrogen and oxygen atoms in total. The summed E-state index contributed by atoms with van der Waals surface area (Å²) in [6.07, 6.45) is 3.82. The third kappa shape index (κ3) is 4.13. The predicted molar refractivity (Wildman–Crippen MR) is 115 cm³/mol. The van der Waals surface area contributed by atoms with Gasteiger partial charge in [-0.05, 0) is 66.8 Å². The van der Waals surface area contributed by atoms with E-state index in [0.717, 1.165) is 42.6 Å². The summed E-state index contributed by atoms with van der Waals surface area (Å²) in [5.41, 5.74) is 4.31. The second-order valence-corrected chi connectivity index (χ2v) is 7.49. The minimum atomic E-state index is -0.476. The number of benzene rings is 2. The fraction of sp³-hybridized carbons (Fsp3) is 0.292. The zero-order valence-electron chi connectivity index (χ0n) is 16.9. The van der Waals surface area contributed by atoms with E-state index in [4.69, 9.17) is 4.74 Å². The van der Waals surface area contributed by atoms with Crippen molar-refractivity contribution >= 4 is 29.5 Å². The van der Waals surface area contributed by atoms with Crippen LogP contribution in [0.25, 0.3) is 17.2 Å². The van der Waals surface area contributed by atoms with Gasteiger partial charge in [0.2, 0.25) is 5.91 Å². The Labute approximate surface area is 175 Å². The van der Waals surface area contributed by atoms with Gasteiger partial charge >= 0.3 is 5.97 Å². The van der Waals surface area contributed by atoms with Gasteiger partial charge in [-0.25, -0.2) is 4.79 Å². The van der Waals surface area contributed by atoms with Gasteiger partial charge in [-0.15, -0.1) is 0 Å². The van der Waals surface area contributed by atoms with Crippen molar-refractivity contribution in [2.75, 3.05) is 25.0 Å². The van der Waals surface area contributed by atoms with E-state index >= 15 is 0 Å². The molecule has 0 unspecified atom stereocenters. The lowest BCUT2D eigenvalue weighted by atomic mass is 9.99. The Morgan fingerprint density at radius 3 is 2.43 bits per heavy atom. The molecule has 1 saturated heterocycles. The maximum Gasteiger partial charge on any atom is 0.334 e. The smallest absolute Gasteiger partial charge is 0.334 e. The summed E-state index contributed by atoms with van der Waals surface area (Å²) in [6, 6.07) is 13.2. The first kappa shape index (κ1) is 19.9. The summed E-state index contributed by atoms with van der Waals surface area (Å²) >= 11 is 0. The maximum atomic E-state index is 12.5. The van der Waals surface area contributed by atoms with Crippen LogP contribution in [0.15, 0.2) is 48.0 Å². The highest BCUT2D eigenvalue weighted by atomic mass is 16.5. The van der Waals surface area contributed by atoms with Crippen LogP contribution in [0.4, 0.5) is 5.69 Å². The largest absolute Gasteiger partial charge is 0.463 e. The van der Waals surface area contributed by atoms with E-state index in [1.807, 2.05) is 47.4 Å². The van der Waals surface area contributed by atoms with Gasteiger partial charge in [0.25, 0.3) is 5.91 Å². The fourth-order valence-corrected chi connectivity index (χ4v) is 3.84. The van der Waals surface area contributed by atoms with Crippen molar-refractivity contribution in [2.45, 2.75) is 26.2 Å². The summed E-state index contributed by atoms with van der Waals surface area (Å²) < 4.78 is 5.07. The number of carbonyl (C=O) groups is 3. The van der Waals surface area contributed by atoms with Gasteiger partial charge in [0, 0.05) is 29.9 Å². The standard InChI is InChI=1S/C24H24N2O4/c1-2-30-24(29)20-14-19-13-18(9-10-21(19)25-22(27)15-20)16-5-7-17(8-6-16)23(28)26-11-3-4-12-26/h5-10,13-14H,2-4,11-12,15H2,1H3,(H,25,27). The van der Waals surface area contributed by atoms with Crippen molar-refractivity contribution in [1.82, 2.24) is 4.90 Å². The average molecular weight is 404 g/mol. The molecule has 2 amide bonds. The number of likely N-dealkylation sites (tertiary alicyclic amines) is 1. The zero-order valence-corrected chi connectivity index (χ0v) is 16.9. The van der Waals surface area contributed by atoms with Crippen LogP contribution >= 0.6 is 0 Å². The van der Waals surface area contributed by atoms with Crippen molar-refractivity contribution < 1.29 is 19.1 Å². The van der Waals surface area contributed by atoms with Gasteiger partial charge in [0.15, 0.2) is 0 Å². The highest BCUT2D eigenvalue weighted by Crippen LogP contribution is 2.30. The van der Waals surface area contributed by atoms with Crippen LogP contribution in [0, 0.1) is 0 Å². The van der Waals surface area contributed by atoms with E-state index in [1.54, 1.807) is 13.0 Å². The van der Waals surface area contributed by atoms with E-state index in [2.05, 4.69) is 5.32 Å². The molecule has 0 bridgehead atoms. The second-order valence-electron chi connectivity index (χ2n) is 7.49. The molecular formula is C24H24N2O4. The number of nitrogens with one attached hydrogen (secondary N) is 1. The van der Waals surface area contributed by atoms with E-state index < -0.39 is 5.97 Å². The quantitative estimate of drug-likeness (QED) is 0.785. The number of esters is 1. The number of fused-ring (bicyclic) bond motifs is 1. The maximum absolute atomic E-state index is 12.5. The van der Waals surface area contributed by atoms with Gasteiger partial charge in [-0.1, -0.05) is 18.2 Å². The van der Waals surface area contributed by atoms with Crippen LogP contribution in [0.5, 0.6) is 0 Å². The zero-order chi connectivity index (χ0) is 21.1. The summed E-state index contributed by atoms with van der Waals surface area (Å²) in [7, 11) is 0. The van der Waals surface area contributed by atoms with Gasteiger partial charge in [0.1, 0.15) is 0 Å². The van der Waals surface area contributed by atoms with E-state index in [-0.39, 0.29) is 24.8 Å². The minimum Gasteiger partial charge on any atom is -0.463 e. The van der Waals surface area contributed by atoms with Crippen molar-refractivity contribution in [3.63, 3.8) is 0 Å². The first-order valence-electron chi connectivity index (χ1n) is 10.3. The lowest BCUT2D eigenvalue weighted by molar-refractivity contribution is -0.139. The molecule has 2 heterocycles. The van der Waals surface area contributed by atoms with Crippen molar-refractivity contribution in [2.24, 2.45) is 0 Å². The molecule has 0 radical (unpaired) electrons. The number of nitrogens with zero attached hydrogens (tertiary/aromatic N) is 1. The number of ether oxygens (including phenoxy) is 1. The molecule has 154 valence electrons. The lowest BCUT2D eigenvalue weighted by Crippen LogP contribution is -2.27. The molecule has 0 saturated carbocycles. The number of hydrogen-bond donors (Lipinski definition) is 1. The number of amides is 2. The average Bonchev–Trinajstić information content (AvgIpc) is 3.23. The molecule has 2 aliphatic heterocycles. The Kier molecular flexibility index (Phi) is 5.65. The number of anilines is 1. The van der Waals surface area contributed by atoms with Gasteiger partial charge in [0.05, 0.1) is 13.0 Å². The van der Waals surface area contributed by atoms with Crippen LogP contribution in [0.1, 0.15) is 42.1 Å². The molecule has 1 fully saturated rings. The van der Waals surface area contributed by atoms with Crippen molar-refractivity contribution in [3.05, 3.63) is 59.2 Å². The van der Waals surface area contributed by atoms with Crippen LogP contribution in [-0.2, 0) is 14.3 Å². The second kappa shape index (κ2) is 8.53. The lowest BCUT2D eigenvalue weighted by Gasteiger charge is -2.15. The van der Waals surface area contributed by atoms with Crippen LogP contribution in [0.2, 0.25) is 0 Å². The SMILES string of the molecule is CCOC(=O)C1=Cc2cc(-c3ccc(C(=O)N4CCCC4)cc3)ccc2NC(=O)C1. The fourth-order valence-electron chi connectivity index (χ4n) is 3.84. The van der Waals surface area contributed by atoms with E-state index in [9.17, 15) is 14.4 Å². The monoisotopic (exact) mass is 404 g/mol. The number of carbonyl (C=O) groups excluding carboxylic acids is 3. The van der Waals surface area contributed by atoms with Crippen molar-refractivity contribution in [1.29, 1.82) is 0 Å². The summed E-state index contributed by atoms with van der Waals surface area (Å²) in [5, 5.41) is 2.83. The van der Waals surface area contributed by atoms with Gasteiger partial charge < -0.3 is 15.0 Å². The molecule has 0 aromatic heterocycles. The molecule has 0 atom stereocenters. The molecule has 6 heteroatoms. The molecule has 30 heavy (non-hydrogen) atoms. The Morgan fingerprint density at radius 2 is 1.73 bits per heavy atom. The number of hydrogen-bond acceptors (Lipinski definition) is 4. The Hall–Kier alpha value is -3.41. The summed E-state index contributed by atoms with van der Waals surface area (Å²) in [4.78, 5) is 38.7. The molecule has 4 rings (SSSR count). The summed E-state index contributed by atoms with van der Waals surface area (Å²) in [6.45, 7) is 3.64. The summed E-state index contributed by atoms with van der Waals surface area (Å²) in [5.74, 6) is -0.646. The third-order valence-electron chi connectivity index (χ3n) is 5.40. The molecule has 1 N–H and O–H groups in total. The predicted octanol–water partition coefficient (Wildman–Crippen LogP) is 3.88. The normalized spacial score (nSPS) is 15.7. The van der Waals surface area contributed by atoms with Gasteiger partial charge in [-0.2, -0.15) is 0 Å². The number of rotatable bonds is 4. The molecule has 0 aliphatic carbocycles. The topological polar surface area (TPSA) is 75.7 Å². The van der Waals surface area contributed by atoms with Crippen molar-refractivity contribution in [3.8, 4) is 11.1 Å². The third-order valence-corrected chi connectivity index (χ3v) is 5.40. The Morgan fingerprint density at radius 1 is 1.03 bits per heavy atom. The molecule has 0 spiro atoms. The highest BCUT2D eigenvalue weighted by Gasteiger charge is 2.21. The molecule has 2 aromatic carbocycles. The molecule has 2 aromatic rings. The van der Waals surface area contributed by atoms with Crippen LogP contribution in [0.3, 0.4) is 0 Å². The highest BCUT2D eigenvalue weighted by molar-refractivity contribution is 6.06. The molecule has 2 aliphatic rings.